The maximum absolute atomic E-state index is 12.1. The molecule has 3 heterocycles. The molecular formula is C22H25N5O. The molecule has 0 amide bonds. The fourth-order valence-electron chi connectivity index (χ4n) is 3.77. The number of hydrogen-bond acceptors (Lipinski definition) is 5. The molecule has 0 spiro atoms. The fourth-order valence-corrected chi connectivity index (χ4v) is 3.77. The topological polar surface area (TPSA) is 87.9 Å². The molecule has 1 unspecified atom stereocenters. The second-order valence-corrected chi connectivity index (χ2v) is 7.40. The Labute approximate surface area is 164 Å². The number of benzene rings is 1. The van der Waals surface area contributed by atoms with Gasteiger partial charge in [-0.15, -0.1) is 0 Å². The summed E-state index contributed by atoms with van der Waals surface area (Å²) < 4.78 is 0. The summed E-state index contributed by atoms with van der Waals surface area (Å²) in [5, 5.41) is 0. The van der Waals surface area contributed by atoms with E-state index in [2.05, 4.69) is 32.0 Å². The molecule has 1 aromatic carbocycles. The molecule has 1 atom stereocenters. The zero-order valence-electron chi connectivity index (χ0n) is 15.8. The molecule has 1 saturated heterocycles. The van der Waals surface area contributed by atoms with Crippen molar-refractivity contribution in [2.75, 3.05) is 19.6 Å². The van der Waals surface area contributed by atoms with Crippen molar-refractivity contribution in [2.24, 2.45) is 11.7 Å². The van der Waals surface area contributed by atoms with Gasteiger partial charge < -0.3 is 10.7 Å². The highest BCUT2D eigenvalue weighted by Crippen LogP contribution is 2.21. The molecule has 3 aromatic rings. The van der Waals surface area contributed by atoms with Crippen LogP contribution >= 0.6 is 0 Å². The normalized spacial score (nSPS) is 17.5. The van der Waals surface area contributed by atoms with E-state index >= 15 is 0 Å². The van der Waals surface area contributed by atoms with Gasteiger partial charge in [0.2, 0.25) is 0 Å². The van der Waals surface area contributed by atoms with Gasteiger partial charge in [-0.1, -0.05) is 24.3 Å². The van der Waals surface area contributed by atoms with Crippen molar-refractivity contribution in [3.05, 3.63) is 70.8 Å². The van der Waals surface area contributed by atoms with Crippen molar-refractivity contribution in [3.8, 4) is 22.6 Å². The van der Waals surface area contributed by atoms with Crippen LogP contribution in [0.25, 0.3) is 22.6 Å². The van der Waals surface area contributed by atoms with Gasteiger partial charge in [-0.25, -0.2) is 4.98 Å². The Kier molecular flexibility index (Phi) is 5.60. The van der Waals surface area contributed by atoms with E-state index in [0.717, 1.165) is 37.3 Å². The van der Waals surface area contributed by atoms with E-state index < -0.39 is 0 Å². The molecule has 4 rings (SSSR count). The number of nitrogens with zero attached hydrogens (tertiary/aromatic N) is 3. The summed E-state index contributed by atoms with van der Waals surface area (Å²) in [6.07, 6.45) is 5.86. The third kappa shape index (κ3) is 4.35. The third-order valence-electron chi connectivity index (χ3n) is 5.27. The standard InChI is InChI=1S/C22H25N5O/c23-12-17-3-2-10-27(15-17)14-16-5-7-18(8-6-16)22-25-20(11-21(28)26-22)19-4-1-9-24-13-19/h1,4-9,11,13,17H,2-3,10,12,14-15,23H2,(H,25,26,28). The van der Waals surface area contributed by atoms with Crippen LogP contribution in [-0.4, -0.2) is 39.5 Å². The van der Waals surface area contributed by atoms with Gasteiger partial charge in [0.05, 0.1) is 5.69 Å². The van der Waals surface area contributed by atoms with Crippen LogP contribution in [-0.2, 0) is 6.54 Å². The summed E-state index contributed by atoms with van der Waals surface area (Å²) in [4.78, 5) is 26.1. The van der Waals surface area contributed by atoms with Gasteiger partial charge in [0.15, 0.2) is 0 Å². The van der Waals surface area contributed by atoms with Crippen LogP contribution in [0.15, 0.2) is 59.7 Å². The minimum absolute atomic E-state index is 0.172. The van der Waals surface area contributed by atoms with Crippen molar-refractivity contribution in [1.82, 2.24) is 19.9 Å². The molecule has 0 saturated carbocycles. The van der Waals surface area contributed by atoms with Crippen LogP contribution in [0.2, 0.25) is 0 Å². The van der Waals surface area contributed by atoms with E-state index in [1.807, 2.05) is 24.3 Å². The van der Waals surface area contributed by atoms with Crippen LogP contribution in [0.3, 0.4) is 0 Å². The maximum atomic E-state index is 12.1. The number of aromatic amines is 1. The monoisotopic (exact) mass is 375 g/mol. The summed E-state index contributed by atoms with van der Waals surface area (Å²) in [6.45, 7) is 3.89. The summed E-state index contributed by atoms with van der Waals surface area (Å²) in [5.41, 5.74) is 9.27. The van der Waals surface area contributed by atoms with Crippen molar-refractivity contribution in [3.63, 3.8) is 0 Å². The predicted molar refractivity (Wildman–Crippen MR) is 111 cm³/mol. The molecule has 1 aliphatic rings. The number of piperidine rings is 1. The number of nitrogens with two attached hydrogens (primary N) is 1. The molecule has 28 heavy (non-hydrogen) atoms. The maximum Gasteiger partial charge on any atom is 0.251 e. The SMILES string of the molecule is NCC1CCCN(Cc2ccc(-c3nc(-c4cccnc4)cc(=O)[nH]3)cc2)C1. The molecule has 0 bridgehead atoms. The Bertz CT molecular complexity index is 968. The molecule has 6 heteroatoms. The van der Waals surface area contributed by atoms with Crippen LogP contribution in [0.5, 0.6) is 0 Å². The number of hydrogen-bond donors (Lipinski definition) is 2. The lowest BCUT2D eigenvalue weighted by molar-refractivity contribution is 0.171. The molecule has 2 aromatic heterocycles. The van der Waals surface area contributed by atoms with Gasteiger partial charge >= 0.3 is 0 Å². The number of nitrogens with one attached hydrogen (secondary N) is 1. The van der Waals surface area contributed by atoms with Crippen molar-refractivity contribution in [1.29, 1.82) is 0 Å². The molecule has 1 aliphatic heterocycles. The summed E-state index contributed by atoms with van der Waals surface area (Å²) >= 11 is 0. The van der Waals surface area contributed by atoms with Crippen molar-refractivity contribution in [2.45, 2.75) is 19.4 Å². The van der Waals surface area contributed by atoms with Gasteiger partial charge in [-0.05, 0) is 49.5 Å². The van der Waals surface area contributed by atoms with E-state index in [1.165, 1.54) is 24.5 Å². The Morgan fingerprint density at radius 3 is 2.79 bits per heavy atom. The second-order valence-electron chi connectivity index (χ2n) is 7.40. The fraction of sp³-hybridized carbons (Fsp3) is 0.318. The van der Waals surface area contributed by atoms with Crippen LogP contribution in [0, 0.1) is 5.92 Å². The van der Waals surface area contributed by atoms with Gasteiger partial charge in [0.25, 0.3) is 5.56 Å². The Balaban J connectivity index is 1.53. The van der Waals surface area contributed by atoms with Gasteiger partial charge in [-0.2, -0.15) is 0 Å². The molecule has 0 radical (unpaired) electrons. The molecule has 6 nitrogen and oxygen atoms in total. The van der Waals surface area contributed by atoms with Crippen molar-refractivity contribution < 1.29 is 0 Å². The summed E-state index contributed by atoms with van der Waals surface area (Å²) in [5.74, 6) is 1.18. The number of rotatable bonds is 5. The zero-order valence-corrected chi connectivity index (χ0v) is 15.8. The van der Waals surface area contributed by atoms with E-state index in [0.29, 0.717) is 17.4 Å². The molecule has 1 fully saturated rings. The van der Waals surface area contributed by atoms with E-state index in [4.69, 9.17) is 5.73 Å². The largest absolute Gasteiger partial charge is 0.330 e. The average molecular weight is 375 g/mol. The predicted octanol–water partition coefficient (Wildman–Crippen LogP) is 2.67. The van der Waals surface area contributed by atoms with Crippen LogP contribution < -0.4 is 11.3 Å². The Hall–Kier alpha value is -2.83. The zero-order chi connectivity index (χ0) is 19.3. The molecule has 3 N–H and O–H groups in total. The van der Waals surface area contributed by atoms with Crippen molar-refractivity contribution >= 4 is 0 Å². The smallest absolute Gasteiger partial charge is 0.251 e. The van der Waals surface area contributed by atoms with Crippen LogP contribution in [0.4, 0.5) is 0 Å². The van der Waals surface area contributed by atoms with E-state index in [1.54, 1.807) is 12.4 Å². The summed E-state index contributed by atoms with van der Waals surface area (Å²) in [7, 11) is 0. The highest BCUT2D eigenvalue weighted by atomic mass is 16.1. The van der Waals surface area contributed by atoms with Gasteiger partial charge in [0, 0.05) is 42.7 Å². The lowest BCUT2D eigenvalue weighted by Crippen LogP contribution is -2.37. The molecule has 144 valence electrons. The highest BCUT2D eigenvalue weighted by Gasteiger charge is 2.18. The van der Waals surface area contributed by atoms with Gasteiger partial charge in [0.1, 0.15) is 5.82 Å². The second kappa shape index (κ2) is 8.46. The number of H-pyrrole nitrogens is 1. The third-order valence-corrected chi connectivity index (χ3v) is 5.27. The first-order valence-electron chi connectivity index (χ1n) is 9.75. The first-order chi connectivity index (χ1) is 13.7. The molecule has 0 aliphatic carbocycles. The summed E-state index contributed by atoms with van der Waals surface area (Å²) in [6, 6.07) is 13.5. The lowest BCUT2D eigenvalue weighted by Gasteiger charge is -2.32. The lowest BCUT2D eigenvalue weighted by atomic mass is 9.98. The highest BCUT2D eigenvalue weighted by molar-refractivity contribution is 5.62. The first kappa shape index (κ1) is 18.5. The first-order valence-corrected chi connectivity index (χ1v) is 9.75. The Morgan fingerprint density at radius 1 is 1.18 bits per heavy atom. The van der Waals surface area contributed by atoms with E-state index in [-0.39, 0.29) is 5.56 Å². The minimum Gasteiger partial charge on any atom is -0.330 e. The number of pyridine rings is 1. The molecular weight excluding hydrogens is 350 g/mol. The number of likely N-dealkylation sites (tertiary alicyclic amines) is 1. The minimum atomic E-state index is -0.172. The average Bonchev–Trinajstić information content (AvgIpc) is 2.74. The van der Waals surface area contributed by atoms with Crippen LogP contribution in [0.1, 0.15) is 18.4 Å². The quantitative estimate of drug-likeness (QED) is 0.716. The Morgan fingerprint density at radius 2 is 2.04 bits per heavy atom. The number of aromatic nitrogens is 3. The van der Waals surface area contributed by atoms with E-state index in [9.17, 15) is 4.79 Å². The van der Waals surface area contributed by atoms with Gasteiger partial charge in [-0.3, -0.25) is 14.7 Å².